The summed E-state index contributed by atoms with van der Waals surface area (Å²) in [5.41, 5.74) is 3.40. The second-order valence-corrected chi connectivity index (χ2v) is 7.03. The first-order valence-electron chi connectivity index (χ1n) is 8.28. The molecule has 2 bridgehead atoms. The molecule has 2 fully saturated rings. The molecule has 2 aliphatic rings. The Morgan fingerprint density at radius 3 is 2.23 bits per heavy atom. The minimum Gasteiger partial charge on any atom is -0.300 e. The van der Waals surface area contributed by atoms with Gasteiger partial charge in [-0.2, -0.15) is 5.26 Å². The Morgan fingerprint density at radius 2 is 1.73 bits per heavy atom. The molecule has 0 N–H and O–H groups in total. The van der Waals surface area contributed by atoms with Gasteiger partial charge < -0.3 is 4.90 Å². The van der Waals surface area contributed by atoms with E-state index in [1.54, 1.807) is 0 Å². The third-order valence-corrected chi connectivity index (χ3v) is 5.62. The molecule has 116 valence electrons. The molecule has 0 aromatic heterocycles. The van der Waals surface area contributed by atoms with E-state index in [-0.39, 0.29) is 5.92 Å². The van der Waals surface area contributed by atoms with Crippen molar-refractivity contribution in [1.29, 1.82) is 5.26 Å². The van der Waals surface area contributed by atoms with E-state index in [9.17, 15) is 4.79 Å². The summed E-state index contributed by atoms with van der Waals surface area (Å²) < 4.78 is 0. The Morgan fingerprint density at radius 1 is 1.18 bits per heavy atom. The van der Waals surface area contributed by atoms with Gasteiger partial charge in [-0.25, -0.2) is 0 Å². The number of nitrogens with zero attached hydrogens (tertiary/aromatic N) is 2. The normalized spacial score (nSPS) is 28.2. The summed E-state index contributed by atoms with van der Waals surface area (Å²) >= 11 is 0. The summed E-state index contributed by atoms with van der Waals surface area (Å²) in [5.74, 6) is 0.446. The number of ketones is 1. The quantitative estimate of drug-likeness (QED) is 0.783. The number of fused-ring (bicyclic) bond motifs is 2. The van der Waals surface area contributed by atoms with Crippen LogP contribution in [0, 0.1) is 31.1 Å². The van der Waals surface area contributed by atoms with Crippen molar-refractivity contribution in [2.45, 2.75) is 58.0 Å². The van der Waals surface area contributed by atoms with Crippen LogP contribution < -0.4 is 0 Å². The SMILES string of the molecule is Cc1cc(C#N)cc(C)c1C(=O)C1CC2CCCC(C1)N2C. The van der Waals surface area contributed by atoms with Gasteiger partial charge in [0.05, 0.1) is 11.6 Å². The largest absolute Gasteiger partial charge is 0.300 e. The summed E-state index contributed by atoms with van der Waals surface area (Å²) in [6.45, 7) is 3.91. The number of benzene rings is 1. The summed E-state index contributed by atoms with van der Waals surface area (Å²) in [4.78, 5) is 15.6. The molecule has 2 saturated heterocycles. The van der Waals surface area contributed by atoms with E-state index in [1.807, 2.05) is 26.0 Å². The lowest BCUT2D eigenvalue weighted by Crippen LogP contribution is -2.51. The lowest BCUT2D eigenvalue weighted by atomic mass is 9.75. The highest BCUT2D eigenvalue weighted by Crippen LogP contribution is 2.37. The van der Waals surface area contributed by atoms with Crippen LogP contribution in [0.2, 0.25) is 0 Å². The Bertz CT molecular complexity index is 606. The van der Waals surface area contributed by atoms with Crippen molar-refractivity contribution in [3.05, 3.63) is 34.4 Å². The van der Waals surface area contributed by atoms with Crippen LogP contribution in [-0.2, 0) is 0 Å². The third kappa shape index (κ3) is 2.57. The number of Topliss-reactive ketones (excluding diaryl/α,β-unsaturated/α-hetero) is 1. The number of carbonyl (C=O) groups is 1. The number of hydrogen-bond acceptors (Lipinski definition) is 3. The van der Waals surface area contributed by atoms with Gasteiger partial charge in [0.2, 0.25) is 0 Å². The van der Waals surface area contributed by atoms with E-state index in [1.165, 1.54) is 19.3 Å². The van der Waals surface area contributed by atoms with Gasteiger partial charge in [0.1, 0.15) is 0 Å². The van der Waals surface area contributed by atoms with Crippen LogP contribution in [0.5, 0.6) is 0 Å². The van der Waals surface area contributed by atoms with Crippen LogP contribution in [0.3, 0.4) is 0 Å². The van der Waals surface area contributed by atoms with Gasteiger partial charge in [-0.1, -0.05) is 6.42 Å². The van der Waals surface area contributed by atoms with Crippen molar-refractivity contribution in [2.75, 3.05) is 7.05 Å². The van der Waals surface area contributed by atoms with Crippen LogP contribution in [0.1, 0.15) is 59.2 Å². The second kappa shape index (κ2) is 5.85. The fourth-order valence-electron chi connectivity index (χ4n) is 4.45. The second-order valence-electron chi connectivity index (χ2n) is 7.03. The molecule has 1 aromatic rings. The molecule has 0 saturated carbocycles. The molecule has 2 atom stereocenters. The topological polar surface area (TPSA) is 44.1 Å². The van der Waals surface area contributed by atoms with Gasteiger partial charge in [0.25, 0.3) is 0 Å². The zero-order valence-electron chi connectivity index (χ0n) is 13.7. The van der Waals surface area contributed by atoms with E-state index >= 15 is 0 Å². The first-order valence-corrected chi connectivity index (χ1v) is 8.28. The van der Waals surface area contributed by atoms with Crippen LogP contribution in [-0.4, -0.2) is 29.8 Å². The molecule has 22 heavy (non-hydrogen) atoms. The highest BCUT2D eigenvalue weighted by Gasteiger charge is 2.39. The Balaban J connectivity index is 1.88. The van der Waals surface area contributed by atoms with Crippen molar-refractivity contribution in [2.24, 2.45) is 5.92 Å². The van der Waals surface area contributed by atoms with Gasteiger partial charge in [-0.05, 0) is 69.8 Å². The van der Waals surface area contributed by atoms with Crippen molar-refractivity contribution >= 4 is 5.78 Å². The standard InChI is InChI=1S/C19H24N2O/c1-12-7-14(11-20)8-13(2)18(12)19(22)15-9-16-5-4-6-17(10-15)21(16)3/h7-8,15-17H,4-6,9-10H2,1-3H3. The monoisotopic (exact) mass is 296 g/mol. The Hall–Kier alpha value is -1.66. The maximum absolute atomic E-state index is 13.1. The average molecular weight is 296 g/mol. The number of hydrogen-bond donors (Lipinski definition) is 0. The van der Waals surface area contributed by atoms with Crippen molar-refractivity contribution in [1.82, 2.24) is 4.90 Å². The van der Waals surface area contributed by atoms with Gasteiger partial charge in [0.15, 0.2) is 5.78 Å². The zero-order chi connectivity index (χ0) is 15.9. The maximum Gasteiger partial charge on any atom is 0.166 e. The maximum atomic E-state index is 13.1. The smallest absolute Gasteiger partial charge is 0.166 e. The molecule has 2 aliphatic heterocycles. The first-order chi connectivity index (χ1) is 10.5. The predicted octanol–water partition coefficient (Wildman–Crippen LogP) is 3.62. The van der Waals surface area contributed by atoms with Gasteiger partial charge in [-0.3, -0.25) is 4.79 Å². The van der Waals surface area contributed by atoms with E-state index < -0.39 is 0 Å². The fourth-order valence-corrected chi connectivity index (χ4v) is 4.45. The first kappa shape index (κ1) is 15.2. The van der Waals surface area contributed by atoms with Crippen LogP contribution >= 0.6 is 0 Å². The Kier molecular flexibility index (Phi) is 4.06. The molecule has 1 aromatic carbocycles. The molecule has 3 nitrogen and oxygen atoms in total. The van der Waals surface area contributed by atoms with Crippen molar-refractivity contribution in [3.8, 4) is 6.07 Å². The molecule has 0 radical (unpaired) electrons. The summed E-state index contributed by atoms with van der Waals surface area (Å²) in [6.07, 6.45) is 5.73. The van der Waals surface area contributed by atoms with E-state index in [2.05, 4.69) is 18.0 Å². The van der Waals surface area contributed by atoms with Gasteiger partial charge >= 0.3 is 0 Å². The fraction of sp³-hybridized carbons (Fsp3) is 0.579. The molecule has 0 amide bonds. The number of piperidine rings is 2. The lowest BCUT2D eigenvalue weighted by molar-refractivity contribution is 0.0338. The van der Waals surface area contributed by atoms with Crippen LogP contribution in [0.4, 0.5) is 0 Å². The highest BCUT2D eigenvalue weighted by atomic mass is 16.1. The summed E-state index contributed by atoms with van der Waals surface area (Å²) in [6, 6.07) is 7.00. The van der Waals surface area contributed by atoms with E-state index in [4.69, 9.17) is 5.26 Å². The number of aryl methyl sites for hydroxylation is 2. The average Bonchev–Trinajstić information content (AvgIpc) is 2.45. The van der Waals surface area contributed by atoms with Crippen molar-refractivity contribution in [3.63, 3.8) is 0 Å². The van der Waals surface area contributed by atoms with Gasteiger partial charge in [0, 0.05) is 23.6 Å². The number of nitriles is 1. The molecule has 3 heteroatoms. The van der Waals surface area contributed by atoms with E-state index in [0.717, 1.165) is 29.5 Å². The summed E-state index contributed by atoms with van der Waals surface area (Å²) in [5, 5.41) is 9.06. The van der Waals surface area contributed by atoms with Crippen LogP contribution in [0.15, 0.2) is 12.1 Å². The molecule has 0 aliphatic carbocycles. The minimum atomic E-state index is 0.150. The predicted molar refractivity (Wildman–Crippen MR) is 86.9 cm³/mol. The molecule has 3 rings (SSSR count). The molecule has 2 unspecified atom stereocenters. The molecule has 2 heterocycles. The summed E-state index contributed by atoms with van der Waals surface area (Å²) in [7, 11) is 2.22. The number of carbonyl (C=O) groups excluding carboxylic acids is 1. The minimum absolute atomic E-state index is 0.150. The molecule has 0 spiro atoms. The highest BCUT2D eigenvalue weighted by molar-refractivity contribution is 6.00. The van der Waals surface area contributed by atoms with Crippen molar-refractivity contribution < 1.29 is 4.79 Å². The zero-order valence-corrected chi connectivity index (χ0v) is 13.7. The van der Waals surface area contributed by atoms with E-state index in [0.29, 0.717) is 23.4 Å². The Labute approximate surface area is 132 Å². The van der Waals surface area contributed by atoms with Gasteiger partial charge in [-0.15, -0.1) is 0 Å². The lowest BCUT2D eigenvalue weighted by Gasteiger charge is -2.46. The molecular formula is C19H24N2O. The third-order valence-electron chi connectivity index (χ3n) is 5.62. The molecular weight excluding hydrogens is 272 g/mol. The number of rotatable bonds is 2. The van der Waals surface area contributed by atoms with Crippen LogP contribution in [0.25, 0.3) is 0 Å².